The maximum absolute atomic E-state index is 13.7. The molecule has 2 aromatic carbocycles. The molecule has 0 saturated heterocycles. The fraction of sp³-hybridized carbons (Fsp3) is 0.316. The van der Waals surface area contributed by atoms with Crippen LogP contribution < -0.4 is 10.1 Å². The third kappa shape index (κ3) is 5.73. The van der Waals surface area contributed by atoms with Gasteiger partial charge in [-0.2, -0.15) is 0 Å². The van der Waals surface area contributed by atoms with Gasteiger partial charge in [0.1, 0.15) is 0 Å². The number of carbonyl (C=O) groups is 1. The third-order valence-corrected chi connectivity index (χ3v) is 4.08. The SMILES string of the molecule is COc1ccc(CN(C)CC(=O)N[C@@H](C)c2ccc(Cl)cc2)cc1F. The minimum Gasteiger partial charge on any atom is -0.494 e. The third-order valence-electron chi connectivity index (χ3n) is 3.83. The van der Waals surface area contributed by atoms with Gasteiger partial charge in [-0.15, -0.1) is 0 Å². The Hall–Kier alpha value is -2.11. The van der Waals surface area contributed by atoms with Crippen LogP contribution in [0.15, 0.2) is 42.5 Å². The normalized spacial score (nSPS) is 12.1. The maximum Gasteiger partial charge on any atom is 0.234 e. The number of hydrogen-bond acceptors (Lipinski definition) is 3. The van der Waals surface area contributed by atoms with Crippen LogP contribution in [0.5, 0.6) is 5.75 Å². The number of hydrogen-bond donors (Lipinski definition) is 1. The van der Waals surface area contributed by atoms with E-state index in [1.807, 2.05) is 31.0 Å². The molecule has 0 aliphatic carbocycles. The Kier molecular flexibility index (Phi) is 6.79. The van der Waals surface area contributed by atoms with Crippen molar-refractivity contribution in [1.82, 2.24) is 10.2 Å². The van der Waals surface area contributed by atoms with Gasteiger partial charge >= 0.3 is 0 Å². The van der Waals surface area contributed by atoms with Crippen molar-refractivity contribution in [3.8, 4) is 5.75 Å². The molecule has 4 nitrogen and oxygen atoms in total. The van der Waals surface area contributed by atoms with E-state index in [0.29, 0.717) is 11.6 Å². The van der Waals surface area contributed by atoms with E-state index < -0.39 is 5.82 Å². The number of ether oxygens (including phenoxy) is 1. The second-order valence-electron chi connectivity index (χ2n) is 5.98. The Bertz CT molecular complexity index is 722. The Morgan fingerprint density at radius 1 is 1.28 bits per heavy atom. The molecular weight excluding hydrogens is 343 g/mol. The highest BCUT2D eigenvalue weighted by atomic mass is 35.5. The van der Waals surface area contributed by atoms with Crippen LogP contribution >= 0.6 is 11.6 Å². The van der Waals surface area contributed by atoms with Crippen LogP contribution in [0, 0.1) is 5.82 Å². The largest absolute Gasteiger partial charge is 0.494 e. The van der Waals surface area contributed by atoms with E-state index in [1.54, 1.807) is 24.3 Å². The summed E-state index contributed by atoms with van der Waals surface area (Å²) >= 11 is 5.87. The van der Waals surface area contributed by atoms with E-state index in [-0.39, 0.29) is 24.2 Å². The minimum atomic E-state index is -0.408. The zero-order chi connectivity index (χ0) is 18.4. The summed E-state index contributed by atoms with van der Waals surface area (Å²) in [4.78, 5) is 14.0. The predicted molar refractivity (Wildman–Crippen MR) is 97.3 cm³/mol. The van der Waals surface area contributed by atoms with E-state index in [2.05, 4.69) is 5.32 Å². The zero-order valence-corrected chi connectivity index (χ0v) is 15.3. The van der Waals surface area contributed by atoms with Gasteiger partial charge in [0.2, 0.25) is 5.91 Å². The van der Waals surface area contributed by atoms with Crippen molar-refractivity contribution in [2.24, 2.45) is 0 Å². The summed E-state index contributed by atoms with van der Waals surface area (Å²) in [5, 5.41) is 3.61. The first kappa shape index (κ1) is 19.2. The molecule has 6 heteroatoms. The van der Waals surface area contributed by atoms with Crippen molar-refractivity contribution >= 4 is 17.5 Å². The van der Waals surface area contributed by atoms with Crippen LogP contribution in [-0.4, -0.2) is 31.5 Å². The summed E-state index contributed by atoms with van der Waals surface area (Å²) in [7, 11) is 3.24. The number of rotatable bonds is 7. The average molecular weight is 365 g/mol. The maximum atomic E-state index is 13.7. The fourth-order valence-corrected chi connectivity index (χ4v) is 2.67. The predicted octanol–water partition coefficient (Wildman–Crippen LogP) is 3.80. The zero-order valence-electron chi connectivity index (χ0n) is 14.6. The molecule has 0 saturated carbocycles. The number of likely N-dealkylation sites (N-methyl/N-ethyl adjacent to an activating group) is 1. The quantitative estimate of drug-likeness (QED) is 0.812. The van der Waals surface area contributed by atoms with Crippen LogP contribution in [0.3, 0.4) is 0 Å². The van der Waals surface area contributed by atoms with Crippen LogP contribution in [0.2, 0.25) is 5.02 Å². The Morgan fingerprint density at radius 2 is 1.96 bits per heavy atom. The van der Waals surface area contributed by atoms with Crippen molar-refractivity contribution < 1.29 is 13.9 Å². The first-order valence-electron chi connectivity index (χ1n) is 7.95. The van der Waals surface area contributed by atoms with Gasteiger partial charge in [0.15, 0.2) is 11.6 Å². The lowest BCUT2D eigenvalue weighted by Crippen LogP contribution is -2.36. The van der Waals surface area contributed by atoms with Crippen molar-refractivity contribution in [2.75, 3.05) is 20.7 Å². The van der Waals surface area contributed by atoms with Gasteiger partial charge in [0.05, 0.1) is 19.7 Å². The molecule has 2 rings (SSSR count). The van der Waals surface area contributed by atoms with Crippen LogP contribution in [-0.2, 0) is 11.3 Å². The molecule has 1 atom stereocenters. The molecule has 0 aliphatic heterocycles. The van der Waals surface area contributed by atoms with E-state index in [0.717, 1.165) is 11.1 Å². The molecule has 0 fully saturated rings. The van der Waals surface area contributed by atoms with Gasteiger partial charge in [-0.25, -0.2) is 4.39 Å². The summed E-state index contributed by atoms with van der Waals surface area (Å²) in [6.07, 6.45) is 0. The van der Waals surface area contributed by atoms with Crippen LogP contribution in [0.4, 0.5) is 4.39 Å². The lowest BCUT2D eigenvalue weighted by molar-refractivity contribution is -0.122. The van der Waals surface area contributed by atoms with Crippen LogP contribution in [0.25, 0.3) is 0 Å². The molecule has 0 radical (unpaired) electrons. The number of nitrogens with one attached hydrogen (secondary N) is 1. The first-order valence-corrected chi connectivity index (χ1v) is 8.32. The van der Waals surface area contributed by atoms with Crippen LogP contribution in [0.1, 0.15) is 24.1 Å². The second kappa shape index (κ2) is 8.83. The Labute approximate surface area is 152 Å². The summed E-state index contributed by atoms with van der Waals surface area (Å²) in [6.45, 7) is 2.59. The smallest absolute Gasteiger partial charge is 0.234 e. The summed E-state index contributed by atoms with van der Waals surface area (Å²) in [5.41, 5.74) is 1.76. The van der Waals surface area contributed by atoms with E-state index >= 15 is 0 Å². The summed E-state index contributed by atoms with van der Waals surface area (Å²) in [5.74, 6) is -0.297. The molecule has 0 aliphatic rings. The van der Waals surface area contributed by atoms with E-state index in [9.17, 15) is 9.18 Å². The van der Waals surface area contributed by atoms with Gasteiger partial charge in [-0.1, -0.05) is 29.8 Å². The van der Waals surface area contributed by atoms with Crippen molar-refractivity contribution in [2.45, 2.75) is 19.5 Å². The molecule has 0 bridgehead atoms. The number of benzene rings is 2. The molecule has 1 N–H and O–H groups in total. The van der Waals surface area contributed by atoms with Gasteiger partial charge < -0.3 is 10.1 Å². The monoisotopic (exact) mass is 364 g/mol. The summed E-state index contributed by atoms with van der Waals surface area (Å²) in [6, 6.07) is 12.0. The average Bonchev–Trinajstić information content (AvgIpc) is 2.55. The standard InChI is InChI=1S/C19H22ClFN2O2/c1-13(15-5-7-16(20)8-6-15)22-19(24)12-23(2)11-14-4-9-18(25-3)17(21)10-14/h4-10,13H,11-12H2,1-3H3,(H,22,24)/t13-/m0/s1. The van der Waals surface area contributed by atoms with Crippen molar-refractivity contribution in [3.05, 3.63) is 64.4 Å². The number of amides is 1. The fourth-order valence-electron chi connectivity index (χ4n) is 2.54. The number of carbonyl (C=O) groups excluding carboxylic acids is 1. The molecule has 134 valence electrons. The first-order chi connectivity index (χ1) is 11.9. The Morgan fingerprint density at radius 3 is 2.56 bits per heavy atom. The number of halogens is 2. The van der Waals surface area contributed by atoms with E-state index in [4.69, 9.17) is 16.3 Å². The highest BCUT2D eigenvalue weighted by molar-refractivity contribution is 6.30. The Balaban J connectivity index is 1.87. The van der Waals surface area contributed by atoms with E-state index in [1.165, 1.54) is 13.2 Å². The second-order valence-corrected chi connectivity index (χ2v) is 6.42. The molecule has 25 heavy (non-hydrogen) atoms. The van der Waals surface area contributed by atoms with Gasteiger partial charge in [0, 0.05) is 11.6 Å². The van der Waals surface area contributed by atoms with Gasteiger partial charge in [-0.3, -0.25) is 9.69 Å². The molecular formula is C19H22ClFN2O2. The number of methoxy groups -OCH3 is 1. The molecule has 0 heterocycles. The highest BCUT2D eigenvalue weighted by Crippen LogP contribution is 2.19. The summed E-state index contributed by atoms with van der Waals surface area (Å²) < 4.78 is 18.6. The molecule has 0 unspecified atom stereocenters. The topological polar surface area (TPSA) is 41.6 Å². The molecule has 1 amide bonds. The lowest BCUT2D eigenvalue weighted by atomic mass is 10.1. The molecule has 0 aromatic heterocycles. The molecule has 0 spiro atoms. The lowest BCUT2D eigenvalue weighted by Gasteiger charge is -2.19. The van der Waals surface area contributed by atoms with Crippen molar-refractivity contribution in [1.29, 1.82) is 0 Å². The molecule has 2 aromatic rings. The number of nitrogens with zero attached hydrogens (tertiary/aromatic N) is 1. The van der Waals surface area contributed by atoms with Gasteiger partial charge in [-0.05, 0) is 49.4 Å². The van der Waals surface area contributed by atoms with Gasteiger partial charge in [0.25, 0.3) is 0 Å². The minimum absolute atomic E-state index is 0.0982. The van der Waals surface area contributed by atoms with Crippen molar-refractivity contribution in [3.63, 3.8) is 0 Å². The highest BCUT2D eigenvalue weighted by Gasteiger charge is 2.12.